The highest BCUT2D eigenvalue weighted by Gasteiger charge is 2.16. The minimum Gasteiger partial charge on any atom is -0.321 e. The lowest BCUT2D eigenvalue weighted by Crippen LogP contribution is -2.14. The largest absolute Gasteiger partial charge is 0.321 e. The number of nitrogens with one attached hydrogen (secondary N) is 2. The minimum atomic E-state index is -3.80. The Morgan fingerprint density at radius 2 is 1.53 bits per heavy atom. The van der Waals surface area contributed by atoms with Gasteiger partial charge in [-0.3, -0.25) is 9.52 Å². The molecule has 4 aromatic carbocycles. The molecule has 0 fully saturated rings. The highest BCUT2D eigenvalue weighted by Crippen LogP contribution is 2.28. The molecule has 0 unspecified atom stereocenters. The summed E-state index contributed by atoms with van der Waals surface area (Å²) in [5.74, 6) is 0.111. The number of sulfonamides is 1. The summed E-state index contributed by atoms with van der Waals surface area (Å²) in [6, 6.07) is 26.6. The van der Waals surface area contributed by atoms with E-state index in [4.69, 9.17) is 0 Å². The van der Waals surface area contributed by atoms with Crippen LogP contribution >= 0.6 is 0 Å². The van der Waals surface area contributed by atoms with Gasteiger partial charge < -0.3 is 5.32 Å². The van der Waals surface area contributed by atoms with Crippen molar-refractivity contribution in [3.8, 4) is 0 Å². The Morgan fingerprint density at radius 1 is 0.812 bits per heavy atom. The Balaban J connectivity index is 1.64. The highest BCUT2D eigenvalue weighted by atomic mass is 32.2. The molecule has 0 spiro atoms. The van der Waals surface area contributed by atoms with E-state index in [0.717, 1.165) is 10.9 Å². The van der Waals surface area contributed by atoms with Gasteiger partial charge in [0.05, 0.1) is 4.90 Å². The lowest BCUT2D eigenvalue weighted by molar-refractivity contribution is 0.102. The van der Waals surface area contributed by atoms with Gasteiger partial charge in [0.1, 0.15) is 0 Å². The third kappa shape index (κ3) is 4.65. The van der Waals surface area contributed by atoms with Crippen LogP contribution in [0.2, 0.25) is 0 Å². The molecule has 0 aliphatic rings. The predicted molar refractivity (Wildman–Crippen MR) is 130 cm³/mol. The second-order valence-corrected chi connectivity index (χ2v) is 9.57. The molecule has 5 nitrogen and oxygen atoms in total. The number of hydrogen-bond acceptors (Lipinski definition) is 3. The molecule has 0 heterocycles. The van der Waals surface area contributed by atoms with E-state index in [2.05, 4.69) is 23.9 Å². The number of fused-ring (bicyclic) bond motifs is 1. The number of anilines is 2. The number of carbonyl (C=O) groups excluding carboxylic acids is 1. The van der Waals surface area contributed by atoms with Crippen molar-refractivity contribution in [2.45, 2.75) is 24.7 Å². The third-order valence-corrected chi connectivity index (χ3v) is 6.66. The quantitative estimate of drug-likeness (QED) is 0.382. The smallest absolute Gasteiger partial charge is 0.261 e. The van der Waals surface area contributed by atoms with Gasteiger partial charge in [-0.25, -0.2) is 8.42 Å². The van der Waals surface area contributed by atoms with Crippen molar-refractivity contribution in [2.24, 2.45) is 0 Å². The summed E-state index contributed by atoms with van der Waals surface area (Å²) in [5.41, 5.74) is 2.71. The van der Waals surface area contributed by atoms with Crippen LogP contribution in [0.4, 0.5) is 11.4 Å². The molecule has 0 aliphatic heterocycles. The molecule has 0 bridgehead atoms. The number of rotatable bonds is 6. The van der Waals surface area contributed by atoms with Crippen molar-refractivity contribution in [3.63, 3.8) is 0 Å². The van der Waals surface area contributed by atoms with E-state index in [1.807, 2.05) is 30.3 Å². The van der Waals surface area contributed by atoms with Crippen molar-refractivity contribution >= 4 is 38.1 Å². The fourth-order valence-electron chi connectivity index (χ4n) is 3.46. The van der Waals surface area contributed by atoms with Crippen LogP contribution in [0.1, 0.15) is 35.7 Å². The maximum absolute atomic E-state index is 13.0. The van der Waals surface area contributed by atoms with Crippen LogP contribution in [0.15, 0.2) is 95.9 Å². The van der Waals surface area contributed by atoms with Gasteiger partial charge in [0.2, 0.25) is 0 Å². The van der Waals surface area contributed by atoms with E-state index in [9.17, 15) is 13.2 Å². The normalized spacial score (nSPS) is 11.5. The second kappa shape index (κ2) is 8.85. The van der Waals surface area contributed by atoms with Gasteiger partial charge in [-0.2, -0.15) is 0 Å². The molecule has 0 aliphatic carbocycles. The van der Waals surface area contributed by atoms with Crippen molar-refractivity contribution < 1.29 is 13.2 Å². The van der Waals surface area contributed by atoms with Crippen molar-refractivity contribution in [1.82, 2.24) is 0 Å². The third-order valence-electron chi connectivity index (χ3n) is 5.28. The Labute approximate surface area is 188 Å². The first-order valence-electron chi connectivity index (χ1n) is 10.4. The Kier molecular flexibility index (Phi) is 5.97. The van der Waals surface area contributed by atoms with Gasteiger partial charge in [0.25, 0.3) is 15.9 Å². The standard InChI is InChI=1S/C26H24N2O3S/c1-18(2)19-11-14-22(15-12-19)28-32(30,31)23-16-13-20-9-6-10-25(24(20)17-23)27-26(29)21-7-4-3-5-8-21/h3-18,28H,1-2H3,(H,27,29). The van der Waals surface area contributed by atoms with Crippen LogP contribution in [0.5, 0.6) is 0 Å². The molecule has 0 saturated heterocycles. The Morgan fingerprint density at radius 3 is 2.22 bits per heavy atom. The van der Waals surface area contributed by atoms with E-state index in [1.54, 1.807) is 60.7 Å². The topological polar surface area (TPSA) is 75.3 Å². The molecular formula is C26H24N2O3S. The molecular weight excluding hydrogens is 420 g/mol. The van der Waals surface area contributed by atoms with E-state index < -0.39 is 10.0 Å². The zero-order valence-corrected chi connectivity index (χ0v) is 18.7. The summed E-state index contributed by atoms with van der Waals surface area (Å²) >= 11 is 0. The maximum Gasteiger partial charge on any atom is 0.261 e. The fourth-order valence-corrected chi connectivity index (χ4v) is 4.55. The van der Waals surface area contributed by atoms with Gasteiger partial charge in [0, 0.05) is 22.3 Å². The van der Waals surface area contributed by atoms with E-state index in [-0.39, 0.29) is 10.8 Å². The molecule has 2 N–H and O–H groups in total. The first kappa shape index (κ1) is 21.6. The van der Waals surface area contributed by atoms with Crippen LogP contribution in [0.25, 0.3) is 10.8 Å². The van der Waals surface area contributed by atoms with Crippen molar-refractivity contribution in [2.75, 3.05) is 10.0 Å². The Hall–Kier alpha value is -3.64. The van der Waals surface area contributed by atoms with Crippen LogP contribution in [0.3, 0.4) is 0 Å². The predicted octanol–water partition coefficient (Wildman–Crippen LogP) is 6.02. The van der Waals surface area contributed by atoms with E-state index in [1.165, 1.54) is 0 Å². The molecule has 32 heavy (non-hydrogen) atoms. The molecule has 6 heteroatoms. The zero-order valence-electron chi connectivity index (χ0n) is 17.9. The SMILES string of the molecule is CC(C)c1ccc(NS(=O)(=O)c2ccc3cccc(NC(=O)c4ccccc4)c3c2)cc1. The summed E-state index contributed by atoms with van der Waals surface area (Å²) in [4.78, 5) is 12.7. The monoisotopic (exact) mass is 444 g/mol. The van der Waals surface area contributed by atoms with Gasteiger partial charge >= 0.3 is 0 Å². The van der Waals surface area contributed by atoms with Gasteiger partial charge in [-0.05, 0) is 59.3 Å². The molecule has 0 aromatic heterocycles. The molecule has 0 saturated carbocycles. The summed E-state index contributed by atoms with van der Waals surface area (Å²) in [5, 5.41) is 4.37. The summed E-state index contributed by atoms with van der Waals surface area (Å²) in [7, 11) is -3.80. The van der Waals surface area contributed by atoms with Crippen LogP contribution in [-0.2, 0) is 10.0 Å². The van der Waals surface area contributed by atoms with E-state index >= 15 is 0 Å². The van der Waals surface area contributed by atoms with Crippen LogP contribution in [0, 0.1) is 0 Å². The average Bonchev–Trinajstić information content (AvgIpc) is 2.79. The summed E-state index contributed by atoms with van der Waals surface area (Å²) in [6.45, 7) is 4.17. The van der Waals surface area contributed by atoms with Crippen molar-refractivity contribution in [1.29, 1.82) is 0 Å². The number of benzene rings is 4. The maximum atomic E-state index is 13.0. The van der Waals surface area contributed by atoms with E-state index in [0.29, 0.717) is 28.2 Å². The molecule has 4 rings (SSSR count). The summed E-state index contributed by atoms with van der Waals surface area (Å²) < 4.78 is 28.7. The first-order chi connectivity index (χ1) is 15.3. The molecule has 0 radical (unpaired) electrons. The average molecular weight is 445 g/mol. The number of amides is 1. The van der Waals surface area contributed by atoms with Crippen LogP contribution < -0.4 is 10.0 Å². The number of hydrogen-bond donors (Lipinski definition) is 2. The highest BCUT2D eigenvalue weighted by molar-refractivity contribution is 7.92. The fraction of sp³-hybridized carbons (Fsp3) is 0.115. The van der Waals surface area contributed by atoms with Crippen LogP contribution in [-0.4, -0.2) is 14.3 Å². The minimum absolute atomic E-state index is 0.124. The lowest BCUT2D eigenvalue weighted by Gasteiger charge is -2.13. The zero-order chi connectivity index (χ0) is 22.7. The summed E-state index contributed by atoms with van der Waals surface area (Å²) in [6.07, 6.45) is 0. The molecule has 162 valence electrons. The molecule has 4 aromatic rings. The molecule has 0 atom stereocenters. The Bertz CT molecular complexity index is 1360. The second-order valence-electron chi connectivity index (χ2n) is 7.89. The molecule has 1 amide bonds. The number of carbonyl (C=O) groups is 1. The van der Waals surface area contributed by atoms with Crippen molar-refractivity contribution in [3.05, 3.63) is 102 Å². The lowest BCUT2D eigenvalue weighted by atomic mass is 10.0. The van der Waals surface area contributed by atoms with Gasteiger partial charge in [-0.1, -0.05) is 62.4 Å². The van der Waals surface area contributed by atoms with Gasteiger partial charge in [-0.15, -0.1) is 0 Å². The van der Waals surface area contributed by atoms with Gasteiger partial charge in [0.15, 0.2) is 0 Å². The first-order valence-corrected chi connectivity index (χ1v) is 11.8.